The van der Waals surface area contributed by atoms with Gasteiger partial charge in [0.15, 0.2) is 0 Å². The Morgan fingerprint density at radius 3 is 1.12 bits per heavy atom. The molecule has 50 heavy (non-hydrogen) atoms. The first-order valence-electron chi connectivity index (χ1n) is 17.9. The van der Waals surface area contributed by atoms with Crippen LogP contribution in [0.5, 0.6) is 0 Å². The van der Waals surface area contributed by atoms with E-state index in [-0.39, 0.29) is 10.8 Å². The van der Waals surface area contributed by atoms with E-state index in [2.05, 4.69) is 173 Å². The highest BCUT2D eigenvalue weighted by molar-refractivity contribution is 6.35. The average Bonchev–Trinajstić information content (AvgIpc) is 3.52. The minimum atomic E-state index is 0.00646. The van der Waals surface area contributed by atoms with Crippen molar-refractivity contribution in [3.8, 4) is 44.5 Å². The summed E-state index contributed by atoms with van der Waals surface area (Å²) in [6.07, 6.45) is 0. The minimum absolute atomic E-state index is 0.00646. The second-order valence-electron chi connectivity index (χ2n) is 15.6. The van der Waals surface area contributed by atoms with Crippen molar-refractivity contribution in [1.29, 1.82) is 0 Å². The maximum absolute atomic E-state index is 2.44. The minimum Gasteiger partial charge on any atom is -0.0619 e. The van der Waals surface area contributed by atoms with Crippen molar-refractivity contribution in [2.45, 2.75) is 38.5 Å². The third kappa shape index (κ3) is 3.46. The summed E-state index contributed by atoms with van der Waals surface area (Å²) in [7, 11) is 0. The van der Waals surface area contributed by atoms with Gasteiger partial charge in [0.25, 0.3) is 0 Å². The molecular formula is C50H36. The van der Waals surface area contributed by atoms with E-state index in [4.69, 9.17) is 0 Å². The summed E-state index contributed by atoms with van der Waals surface area (Å²) in [6, 6.07) is 55.5. The molecule has 0 unspecified atom stereocenters. The lowest BCUT2D eigenvalue weighted by atomic mass is 9.81. The number of hydrogen-bond acceptors (Lipinski definition) is 0. The molecule has 0 heterocycles. The molecule has 0 radical (unpaired) electrons. The van der Waals surface area contributed by atoms with E-state index in [0.717, 1.165) is 0 Å². The summed E-state index contributed by atoms with van der Waals surface area (Å²) >= 11 is 0. The largest absolute Gasteiger partial charge is 0.0619 e. The molecule has 0 N–H and O–H groups in total. The Balaban J connectivity index is 1.13. The molecule has 0 saturated heterocycles. The van der Waals surface area contributed by atoms with Crippen LogP contribution in [0, 0.1) is 0 Å². The maximum atomic E-state index is 2.44. The fourth-order valence-electron chi connectivity index (χ4n) is 9.99. The van der Waals surface area contributed by atoms with Crippen molar-refractivity contribution < 1.29 is 0 Å². The van der Waals surface area contributed by atoms with Crippen LogP contribution in [-0.2, 0) is 10.8 Å². The van der Waals surface area contributed by atoms with Crippen LogP contribution < -0.4 is 0 Å². The van der Waals surface area contributed by atoms with Crippen LogP contribution in [0.2, 0.25) is 0 Å². The lowest BCUT2D eigenvalue weighted by molar-refractivity contribution is 0.660. The molecule has 0 amide bonds. The van der Waals surface area contributed by atoms with Gasteiger partial charge in [-0.2, -0.15) is 0 Å². The number of hydrogen-bond donors (Lipinski definition) is 0. The predicted molar refractivity (Wildman–Crippen MR) is 214 cm³/mol. The van der Waals surface area contributed by atoms with Gasteiger partial charge in [-0.25, -0.2) is 0 Å². The third-order valence-corrected chi connectivity index (χ3v) is 12.5. The quantitative estimate of drug-likeness (QED) is 0.131. The van der Waals surface area contributed by atoms with Crippen molar-refractivity contribution >= 4 is 43.1 Å². The summed E-state index contributed by atoms with van der Waals surface area (Å²) in [4.78, 5) is 0. The smallest absolute Gasteiger partial charge is 0.0158 e. The first-order chi connectivity index (χ1) is 24.3. The molecule has 9 aromatic carbocycles. The summed E-state index contributed by atoms with van der Waals surface area (Å²) < 4.78 is 0. The van der Waals surface area contributed by atoms with Crippen LogP contribution in [-0.4, -0.2) is 0 Å². The van der Waals surface area contributed by atoms with Crippen LogP contribution in [0.1, 0.15) is 49.9 Å². The molecule has 0 spiro atoms. The average molecular weight is 637 g/mol. The molecule has 0 nitrogen and oxygen atoms in total. The first kappa shape index (κ1) is 28.2. The number of benzene rings is 9. The molecule has 0 heteroatoms. The summed E-state index contributed by atoms with van der Waals surface area (Å²) in [6.45, 7) is 9.42. The molecular weight excluding hydrogens is 601 g/mol. The SMILES string of the molecule is CC1(C)c2ccccc2-c2cc(-c3ccc4c5ccc(-c6ccc7c(c6)-c6ccccc6C7(C)C)c6cccc(c7cccc3c74)c65)ccc21. The Morgan fingerprint density at radius 2 is 0.660 bits per heavy atom. The van der Waals surface area contributed by atoms with Crippen LogP contribution >= 0.6 is 0 Å². The molecule has 11 rings (SSSR count). The normalized spacial score (nSPS) is 15.1. The van der Waals surface area contributed by atoms with E-state index in [1.165, 1.54) is 110 Å². The Morgan fingerprint density at radius 1 is 0.280 bits per heavy atom. The molecule has 0 saturated carbocycles. The van der Waals surface area contributed by atoms with Crippen molar-refractivity contribution in [1.82, 2.24) is 0 Å². The number of fused-ring (bicyclic) bond motifs is 8. The van der Waals surface area contributed by atoms with Gasteiger partial charge in [0, 0.05) is 10.8 Å². The molecule has 9 aromatic rings. The van der Waals surface area contributed by atoms with Crippen molar-refractivity contribution in [2.24, 2.45) is 0 Å². The van der Waals surface area contributed by atoms with E-state index in [1.807, 2.05) is 0 Å². The Kier molecular flexibility index (Phi) is 5.34. The van der Waals surface area contributed by atoms with Gasteiger partial charge in [-0.15, -0.1) is 0 Å². The fraction of sp³-hybridized carbons (Fsp3) is 0.120. The zero-order valence-electron chi connectivity index (χ0n) is 28.9. The second kappa shape index (κ2) is 9.49. The topological polar surface area (TPSA) is 0 Å². The lowest BCUT2D eigenvalue weighted by Gasteiger charge is -2.22. The standard InChI is InChI=1S/C50H36/c1-49(2)43-17-7-5-11-33(43)41-27-29(19-25-45(41)49)31-21-23-39-40-24-22-32(36-14-10-16-38(48(36)40)37-15-9-13-35(31)47(37)39)30-20-26-46-42(28-30)34-12-6-8-18-44(34)50(46,3)4/h5-28H,1-4H3. The Bertz CT molecular complexity index is 2690. The maximum Gasteiger partial charge on any atom is 0.0158 e. The van der Waals surface area contributed by atoms with Crippen molar-refractivity contribution in [2.75, 3.05) is 0 Å². The molecule has 0 aromatic heterocycles. The van der Waals surface area contributed by atoms with Gasteiger partial charge in [-0.05, 0) is 122 Å². The van der Waals surface area contributed by atoms with E-state index in [0.29, 0.717) is 0 Å². The van der Waals surface area contributed by atoms with Gasteiger partial charge < -0.3 is 0 Å². The molecule has 0 fully saturated rings. The highest BCUT2D eigenvalue weighted by Crippen LogP contribution is 2.52. The molecule has 2 aliphatic carbocycles. The third-order valence-electron chi connectivity index (χ3n) is 12.5. The van der Waals surface area contributed by atoms with E-state index in [9.17, 15) is 0 Å². The first-order valence-corrected chi connectivity index (χ1v) is 17.9. The van der Waals surface area contributed by atoms with Crippen LogP contribution in [0.15, 0.2) is 146 Å². The molecule has 236 valence electrons. The molecule has 0 aliphatic heterocycles. The van der Waals surface area contributed by atoms with Crippen LogP contribution in [0.3, 0.4) is 0 Å². The van der Waals surface area contributed by atoms with Crippen molar-refractivity contribution in [3.63, 3.8) is 0 Å². The van der Waals surface area contributed by atoms with Gasteiger partial charge in [0.05, 0.1) is 0 Å². The summed E-state index contributed by atoms with van der Waals surface area (Å²) in [5.41, 5.74) is 16.3. The van der Waals surface area contributed by atoms with Crippen LogP contribution in [0.25, 0.3) is 87.6 Å². The predicted octanol–water partition coefficient (Wildman–Crippen LogP) is 13.7. The highest BCUT2D eigenvalue weighted by Gasteiger charge is 2.36. The number of rotatable bonds is 2. The highest BCUT2D eigenvalue weighted by atomic mass is 14.4. The van der Waals surface area contributed by atoms with Gasteiger partial charge >= 0.3 is 0 Å². The Labute approximate surface area is 293 Å². The molecule has 2 aliphatic rings. The van der Waals surface area contributed by atoms with Crippen LogP contribution in [0.4, 0.5) is 0 Å². The second-order valence-corrected chi connectivity index (χ2v) is 15.6. The molecule has 0 atom stereocenters. The Hall–Kier alpha value is -5.72. The van der Waals surface area contributed by atoms with Gasteiger partial charge in [-0.1, -0.05) is 161 Å². The lowest BCUT2D eigenvalue weighted by Crippen LogP contribution is -2.14. The summed E-state index contributed by atoms with van der Waals surface area (Å²) in [5.74, 6) is 0. The van der Waals surface area contributed by atoms with Gasteiger partial charge in [0.1, 0.15) is 0 Å². The monoisotopic (exact) mass is 636 g/mol. The van der Waals surface area contributed by atoms with Gasteiger partial charge in [0.2, 0.25) is 0 Å². The van der Waals surface area contributed by atoms with E-state index < -0.39 is 0 Å². The summed E-state index contributed by atoms with van der Waals surface area (Å²) in [5, 5.41) is 10.7. The fourth-order valence-corrected chi connectivity index (χ4v) is 9.99. The zero-order chi connectivity index (χ0) is 33.5. The van der Waals surface area contributed by atoms with Gasteiger partial charge in [-0.3, -0.25) is 0 Å². The van der Waals surface area contributed by atoms with E-state index >= 15 is 0 Å². The van der Waals surface area contributed by atoms with E-state index in [1.54, 1.807) is 0 Å². The zero-order valence-corrected chi connectivity index (χ0v) is 28.9. The van der Waals surface area contributed by atoms with Crippen molar-refractivity contribution in [3.05, 3.63) is 168 Å². The molecule has 0 bridgehead atoms.